The van der Waals surface area contributed by atoms with Crippen LogP contribution in [0.2, 0.25) is 0 Å². The fourth-order valence-electron chi connectivity index (χ4n) is 5.69. The van der Waals surface area contributed by atoms with E-state index in [1.807, 2.05) is 0 Å². The minimum absolute atomic E-state index is 0.0675. The van der Waals surface area contributed by atoms with Gasteiger partial charge in [-0.2, -0.15) is 0 Å². The van der Waals surface area contributed by atoms with Gasteiger partial charge in [-0.1, -0.05) is 169 Å². The lowest BCUT2D eigenvalue weighted by atomic mass is 10.0. The Kier molecular flexibility index (Phi) is 32.2. The van der Waals surface area contributed by atoms with Crippen LogP contribution in [0.1, 0.15) is 208 Å². The van der Waals surface area contributed by atoms with Gasteiger partial charge in [0.2, 0.25) is 0 Å². The van der Waals surface area contributed by atoms with Crippen molar-refractivity contribution in [1.82, 2.24) is 0 Å². The van der Waals surface area contributed by atoms with Crippen LogP contribution in [0.3, 0.4) is 0 Å². The van der Waals surface area contributed by atoms with Crippen LogP contribution in [0, 0.1) is 11.8 Å². The summed E-state index contributed by atoms with van der Waals surface area (Å²) in [6.45, 7) is 11.2. The zero-order valence-electron chi connectivity index (χ0n) is 31.2. The number of hydrogen-bond donors (Lipinski definition) is 0. The average Bonchev–Trinajstić information content (AvgIpc) is 3.01. The summed E-state index contributed by atoms with van der Waals surface area (Å²) in [7, 11) is 0. The van der Waals surface area contributed by atoms with Crippen molar-refractivity contribution in [2.24, 2.45) is 11.8 Å². The van der Waals surface area contributed by atoms with E-state index in [-0.39, 0.29) is 31.1 Å². The summed E-state index contributed by atoms with van der Waals surface area (Å²) < 4.78 is 16.6. The maximum absolute atomic E-state index is 12.6. The molecule has 0 saturated heterocycles. The fraction of sp³-hybridized carbons (Fsp3) is 0.925. The van der Waals surface area contributed by atoms with E-state index in [1.165, 1.54) is 96.3 Å². The number of carbonyl (C=O) groups excluding carboxylic acids is 3. The summed E-state index contributed by atoms with van der Waals surface area (Å²) in [6, 6.07) is 0. The van der Waals surface area contributed by atoms with E-state index in [9.17, 15) is 14.4 Å². The minimum Gasteiger partial charge on any atom is -0.462 e. The second kappa shape index (κ2) is 33.3. The van der Waals surface area contributed by atoms with Crippen LogP contribution in [-0.4, -0.2) is 37.2 Å². The lowest BCUT2D eigenvalue weighted by molar-refractivity contribution is -0.167. The predicted molar refractivity (Wildman–Crippen MR) is 192 cm³/mol. The van der Waals surface area contributed by atoms with E-state index >= 15 is 0 Å². The van der Waals surface area contributed by atoms with Gasteiger partial charge in [0.25, 0.3) is 0 Å². The van der Waals surface area contributed by atoms with Crippen LogP contribution in [-0.2, 0) is 28.6 Å². The lowest BCUT2D eigenvalue weighted by Crippen LogP contribution is -2.30. The number of hydrogen-bond acceptors (Lipinski definition) is 6. The van der Waals surface area contributed by atoms with Crippen LogP contribution < -0.4 is 0 Å². The Morgan fingerprint density at radius 2 is 0.717 bits per heavy atom. The van der Waals surface area contributed by atoms with Crippen LogP contribution in [0.5, 0.6) is 0 Å². The lowest BCUT2D eigenvalue weighted by Gasteiger charge is -2.18. The highest BCUT2D eigenvalue weighted by Crippen LogP contribution is 2.15. The SMILES string of the molecule is CCCCCCCCCC(=O)OC[C@@H](COC(=O)CCCCCCCCCC(C)C)OC(=O)CCCCCCCCCCC(C)C. The Balaban J connectivity index is 4.34. The molecule has 0 aromatic carbocycles. The van der Waals surface area contributed by atoms with Gasteiger partial charge >= 0.3 is 17.9 Å². The number of esters is 3. The number of unbranched alkanes of at least 4 members (excludes halogenated alkanes) is 19. The van der Waals surface area contributed by atoms with E-state index in [2.05, 4.69) is 34.6 Å². The number of carbonyl (C=O) groups is 3. The molecule has 0 fully saturated rings. The first kappa shape index (κ1) is 44.4. The van der Waals surface area contributed by atoms with Gasteiger partial charge in [-0.05, 0) is 31.1 Å². The molecule has 0 aromatic rings. The monoisotopic (exact) mass is 653 g/mol. The molecule has 0 aromatic heterocycles. The van der Waals surface area contributed by atoms with Gasteiger partial charge in [0.1, 0.15) is 13.2 Å². The molecule has 0 aliphatic carbocycles. The zero-order valence-corrected chi connectivity index (χ0v) is 31.2. The van der Waals surface area contributed by atoms with Crippen LogP contribution in [0.15, 0.2) is 0 Å². The largest absolute Gasteiger partial charge is 0.462 e. The summed E-state index contributed by atoms with van der Waals surface area (Å²) in [5.74, 6) is 0.698. The van der Waals surface area contributed by atoms with Crippen molar-refractivity contribution in [3.8, 4) is 0 Å². The van der Waals surface area contributed by atoms with E-state index < -0.39 is 6.10 Å². The summed E-state index contributed by atoms with van der Waals surface area (Å²) in [5, 5.41) is 0. The Morgan fingerprint density at radius 1 is 0.413 bits per heavy atom. The Labute approximate surface area is 285 Å². The van der Waals surface area contributed by atoms with Gasteiger partial charge in [0.05, 0.1) is 0 Å². The number of rotatable bonds is 34. The first-order valence-corrected chi connectivity index (χ1v) is 19.7. The smallest absolute Gasteiger partial charge is 0.306 e. The Hall–Kier alpha value is -1.59. The minimum atomic E-state index is -0.758. The predicted octanol–water partition coefficient (Wildman–Crippen LogP) is 11.8. The van der Waals surface area contributed by atoms with Crippen LogP contribution in [0.25, 0.3) is 0 Å². The third-order valence-electron chi connectivity index (χ3n) is 8.72. The molecule has 0 heterocycles. The molecule has 272 valence electrons. The first-order valence-electron chi connectivity index (χ1n) is 19.7. The van der Waals surface area contributed by atoms with Crippen molar-refractivity contribution in [3.63, 3.8) is 0 Å². The maximum atomic E-state index is 12.6. The standard InChI is InChI=1S/C40H76O6/c1-6-7-8-9-13-20-25-30-38(41)44-33-37(34-45-39(42)31-26-21-17-12-15-19-24-29-36(4)5)46-40(43)32-27-22-16-11-10-14-18-23-28-35(2)3/h35-37H,6-34H2,1-5H3/t37-/m0/s1. The Morgan fingerprint density at radius 3 is 1.07 bits per heavy atom. The molecule has 0 bridgehead atoms. The van der Waals surface area contributed by atoms with Crippen molar-refractivity contribution >= 4 is 17.9 Å². The van der Waals surface area contributed by atoms with Gasteiger partial charge in [-0.15, -0.1) is 0 Å². The average molecular weight is 653 g/mol. The molecule has 0 aliphatic rings. The summed E-state index contributed by atoms with van der Waals surface area (Å²) in [6.07, 6.45) is 28.2. The molecular weight excluding hydrogens is 576 g/mol. The van der Waals surface area contributed by atoms with Gasteiger partial charge in [0.15, 0.2) is 6.10 Å². The molecule has 0 radical (unpaired) electrons. The summed E-state index contributed by atoms with van der Waals surface area (Å²) in [4.78, 5) is 37.3. The van der Waals surface area contributed by atoms with E-state index in [0.29, 0.717) is 19.3 Å². The van der Waals surface area contributed by atoms with Gasteiger partial charge in [-0.25, -0.2) is 0 Å². The topological polar surface area (TPSA) is 78.9 Å². The van der Waals surface area contributed by atoms with Gasteiger partial charge in [0, 0.05) is 19.3 Å². The molecule has 46 heavy (non-hydrogen) atoms. The van der Waals surface area contributed by atoms with Crippen molar-refractivity contribution in [1.29, 1.82) is 0 Å². The molecule has 0 N–H and O–H groups in total. The molecule has 0 saturated carbocycles. The molecular formula is C40H76O6. The van der Waals surface area contributed by atoms with Gasteiger partial charge < -0.3 is 14.2 Å². The molecule has 0 unspecified atom stereocenters. The third-order valence-corrected chi connectivity index (χ3v) is 8.72. The summed E-state index contributed by atoms with van der Waals surface area (Å²) in [5.41, 5.74) is 0. The number of ether oxygens (including phenoxy) is 3. The van der Waals surface area contributed by atoms with Crippen LogP contribution in [0.4, 0.5) is 0 Å². The normalized spacial score (nSPS) is 12.1. The quantitative estimate of drug-likeness (QED) is 0.0391. The maximum Gasteiger partial charge on any atom is 0.306 e. The fourth-order valence-corrected chi connectivity index (χ4v) is 5.69. The van der Waals surface area contributed by atoms with Gasteiger partial charge in [-0.3, -0.25) is 14.4 Å². The second-order valence-electron chi connectivity index (χ2n) is 14.5. The van der Waals surface area contributed by atoms with Crippen molar-refractivity contribution in [2.45, 2.75) is 214 Å². The van der Waals surface area contributed by atoms with E-state index in [1.54, 1.807) is 0 Å². The molecule has 1 atom stereocenters. The Bertz CT molecular complexity index is 704. The highest BCUT2D eigenvalue weighted by Gasteiger charge is 2.19. The zero-order chi connectivity index (χ0) is 34.1. The van der Waals surface area contributed by atoms with Crippen molar-refractivity contribution in [3.05, 3.63) is 0 Å². The van der Waals surface area contributed by atoms with E-state index in [4.69, 9.17) is 14.2 Å². The van der Waals surface area contributed by atoms with Crippen molar-refractivity contribution < 1.29 is 28.6 Å². The summed E-state index contributed by atoms with van der Waals surface area (Å²) >= 11 is 0. The molecule has 0 rings (SSSR count). The van der Waals surface area contributed by atoms with Crippen molar-refractivity contribution in [2.75, 3.05) is 13.2 Å². The third kappa shape index (κ3) is 33.8. The molecule has 0 aliphatic heterocycles. The molecule has 0 spiro atoms. The highest BCUT2D eigenvalue weighted by molar-refractivity contribution is 5.71. The van der Waals surface area contributed by atoms with Crippen LogP contribution >= 0.6 is 0 Å². The highest BCUT2D eigenvalue weighted by atomic mass is 16.6. The molecule has 6 nitrogen and oxygen atoms in total. The van der Waals surface area contributed by atoms with E-state index in [0.717, 1.165) is 69.6 Å². The molecule has 6 heteroatoms. The second-order valence-corrected chi connectivity index (χ2v) is 14.5. The molecule has 0 amide bonds. The first-order chi connectivity index (χ1) is 22.2.